The number of hydrogen-bond donors (Lipinski definition) is 1. The van der Waals surface area contributed by atoms with Gasteiger partial charge in [-0.05, 0) is 62.3 Å². The van der Waals surface area contributed by atoms with Crippen LogP contribution >= 0.6 is 0 Å². The third kappa shape index (κ3) is 6.06. The van der Waals surface area contributed by atoms with Gasteiger partial charge in [0.2, 0.25) is 11.8 Å². The largest absolute Gasteiger partial charge is 0.616 e. The van der Waals surface area contributed by atoms with Crippen LogP contribution in [0.15, 0.2) is 42.6 Å². The minimum absolute atomic E-state index is 0.0155. The van der Waals surface area contributed by atoms with E-state index in [1.54, 1.807) is 6.07 Å². The van der Waals surface area contributed by atoms with Crippen LogP contribution in [0.25, 0.3) is 0 Å². The highest BCUT2D eigenvalue weighted by Crippen LogP contribution is 2.35. The molecule has 2 aliphatic rings. The van der Waals surface area contributed by atoms with Gasteiger partial charge in [0, 0.05) is 31.7 Å². The van der Waals surface area contributed by atoms with Gasteiger partial charge >= 0.3 is 5.88 Å². The van der Waals surface area contributed by atoms with Crippen LogP contribution in [0.1, 0.15) is 64.0 Å². The first-order valence-corrected chi connectivity index (χ1v) is 13.5. The van der Waals surface area contributed by atoms with E-state index in [1.165, 1.54) is 6.20 Å². The van der Waals surface area contributed by atoms with E-state index >= 15 is 0 Å². The minimum atomic E-state index is -0.740. The van der Waals surface area contributed by atoms with Crippen molar-refractivity contribution in [1.82, 2.24) is 15.1 Å². The number of carbonyl (C=O) groups excluding carboxylic acids is 2. The lowest BCUT2D eigenvalue weighted by atomic mass is 9.80. The first kappa shape index (κ1) is 26.9. The zero-order valence-electron chi connectivity index (χ0n) is 22.5. The molecule has 1 N–H and O–H groups in total. The van der Waals surface area contributed by atoms with Gasteiger partial charge in [0.05, 0.1) is 6.07 Å². The van der Waals surface area contributed by atoms with Crippen molar-refractivity contribution in [1.29, 1.82) is 0 Å². The summed E-state index contributed by atoms with van der Waals surface area (Å²) in [5.74, 6) is 1.28. The van der Waals surface area contributed by atoms with Gasteiger partial charge in [-0.2, -0.15) is 0 Å². The summed E-state index contributed by atoms with van der Waals surface area (Å²) < 4.78 is 6.47. The number of ether oxygens (including phenoxy) is 1. The molecule has 8 heteroatoms. The second kappa shape index (κ2) is 11.5. The van der Waals surface area contributed by atoms with Crippen LogP contribution in [-0.2, 0) is 16.1 Å². The number of unbranched alkanes of at least 4 members (excludes halogenated alkanes) is 1. The molecule has 2 aliphatic heterocycles. The summed E-state index contributed by atoms with van der Waals surface area (Å²) in [6.07, 6.45) is 5.33. The molecule has 0 bridgehead atoms. The number of likely N-dealkylation sites (tertiary alicyclic amines) is 1. The maximum atomic E-state index is 13.4. The second-order valence-electron chi connectivity index (χ2n) is 10.9. The van der Waals surface area contributed by atoms with Gasteiger partial charge in [-0.1, -0.05) is 39.3 Å². The zero-order valence-corrected chi connectivity index (χ0v) is 22.5. The van der Waals surface area contributed by atoms with E-state index in [1.807, 2.05) is 42.2 Å². The number of pyridine rings is 1. The molecule has 1 aromatic heterocycles. The Kier molecular flexibility index (Phi) is 8.37. The van der Waals surface area contributed by atoms with E-state index in [2.05, 4.69) is 31.0 Å². The summed E-state index contributed by atoms with van der Waals surface area (Å²) in [5, 5.41) is 15.1. The third-order valence-corrected chi connectivity index (χ3v) is 7.51. The van der Waals surface area contributed by atoms with Crippen LogP contribution in [0, 0.1) is 18.0 Å². The summed E-state index contributed by atoms with van der Waals surface area (Å²) in [6, 6.07) is 10.8. The molecule has 37 heavy (non-hydrogen) atoms. The number of carbonyl (C=O) groups is 2. The minimum Gasteiger partial charge on any atom is -0.616 e. The van der Waals surface area contributed by atoms with Crippen LogP contribution in [0.2, 0.25) is 0 Å². The molecular weight excluding hydrogens is 468 g/mol. The maximum Gasteiger partial charge on any atom is 0.384 e. The van der Waals surface area contributed by atoms with Crippen LogP contribution in [0.4, 0.5) is 0 Å². The molecule has 1 spiro atoms. The fourth-order valence-corrected chi connectivity index (χ4v) is 5.41. The molecule has 2 aromatic rings. The first-order chi connectivity index (χ1) is 17.7. The van der Waals surface area contributed by atoms with Crippen LogP contribution in [0.3, 0.4) is 0 Å². The molecule has 2 saturated heterocycles. The van der Waals surface area contributed by atoms with E-state index in [4.69, 9.17) is 4.74 Å². The van der Waals surface area contributed by atoms with Crippen LogP contribution < -0.4 is 14.8 Å². The number of hydrogen-bond acceptors (Lipinski definition) is 5. The molecule has 0 aliphatic carbocycles. The van der Waals surface area contributed by atoms with E-state index in [-0.39, 0.29) is 17.7 Å². The predicted octanol–water partition coefficient (Wildman–Crippen LogP) is 3.93. The highest BCUT2D eigenvalue weighted by atomic mass is 16.6. The van der Waals surface area contributed by atoms with Gasteiger partial charge in [0.15, 0.2) is 6.20 Å². The second-order valence-corrected chi connectivity index (χ2v) is 10.9. The van der Waals surface area contributed by atoms with Gasteiger partial charge in [-0.25, -0.2) is 0 Å². The van der Waals surface area contributed by atoms with Gasteiger partial charge < -0.3 is 20.2 Å². The molecule has 2 fully saturated rings. The summed E-state index contributed by atoms with van der Waals surface area (Å²) in [5.41, 5.74) is 1.27. The van der Waals surface area contributed by atoms with Gasteiger partial charge in [-0.3, -0.25) is 14.5 Å². The Hall–Kier alpha value is -3.13. The predicted molar refractivity (Wildman–Crippen MR) is 142 cm³/mol. The Labute approximate surface area is 220 Å². The third-order valence-electron chi connectivity index (χ3n) is 7.51. The Morgan fingerprint density at radius 3 is 2.46 bits per heavy atom. The topological polar surface area (TPSA) is 88.8 Å². The number of nitrogens with zero attached hydrogens (tertiary/aromatic N) is 3. The number of amides is 2. The van der Waals surface area contributed by atoms with Gasteiger partial charge in [0.1, 0.15) is 17.3 Å². The molecule has 0 saturated carbocycles. The standard InChI is InChI=1S/C29H40N4O4/c1-5-6-15-32-27(34)25(18-21(2)3)30-28(35)29(32)13-16-31(17-14-29)20-23-8-10-24(11-9-23)37-26-12-7-22(4)19-33(26)36/h7-12,19,21,25H,5-6,13-18,20H2,1-4H3,(H,30,35)/t25-/m0/s1. The molecular formula is C29H40N4O4. The average Bonchev–Trinajstić information content (AvgIpc) is 2.86. The normalized spacial score (nSPS) is 19.9. The van der Waals surface area contributed by atoms with Crippen LogP contribution in [-0.4, -0.2) is 52.8 Å². The fourth-order valence-electron chi connectivity index (χ4n) is 5.41. The smallest absolute Gasteiger partial charge is 0.384 e. The first-order valence-electron chi connectivity index (χ1n) is 13.5. The van der Waals surface area contributed by atoms with Crippen LogP contribution in [0.5, 0.6) is 11.6 Å². The van der Waals surface area contributed by atoms with E-state index in [0.29, 0.717) is 37.5 Å². The number of piperazine rings is 1. The number of rotatable bonds is 9. The lowest BCUT2D eigenvalue weighted by Gasteiger charge is -2.52. The number of aromatic nitrogens is 1. The highest BCUT2D eigenvalue weighted by Gasteiger charge is 2.53. The summed E-state index contributed by atoms with van der Waals surface area (Å²) in [6.45, 7) is 11.0. The molecule has 8 nitrogen and oxygen atoms in total. The molecule has 2 amide bonds. The SMILES string of the molecule is CCCCN1C(=O)[C@H](CC(C)C)NC(=O)C12CCN(Cc1ccc(Oc3ccc(C)c[n+]3[O-])cc1)CC2. The molecule has 1 atom stereocenters. The fraction of sp³-hybridized carbons (Fsp3) is 0.552. The summed E-state index contributed by atoms with van der Waals surface area (Å²) in [4.78, 5) is 31.1. The van der Waals surface area contributed by atoms with Crippen molar-refractivity contribution in [2.24, 2.45) is 5.92 Å². The Morgan fingerprint density at radius 1 is 1.14 bits per heavy atom. The molecule has 1 aromatic carbocycles. The van der Waals surface area contributed by atoms with Crippen molar-refractivity contribution in [3.8, 4) is 11.6 Å². The molecule has 200 valence electrons. The number of aryl methyl sites for hydroxylation is 1. The molecule has 3 heterocycles. The highest BCUT2D eigenvalue weighted by molar-refractivity contribution is 6.00. The average molecular weight is 509 g/mol. The molecule has 4 rings (SSSR count). The molecule has 0 radical (unpaired) electrons. The van der Waals surface area contributed by atoms with Crippen molar-refractivity contribution >= 4 is 11.8 Å². The van der Waals surface area contributed by atoms with Crippen molar-refractivity contribution in [2.75, 3.05) is 19.6 Å². The number of benzene rings is 1. The van der Waals surface area contributed by atoms with Crippen molar-refractivity contribution < 1.29 is 19.1 Å². The maximum absolute atomic E-state index is 13.4. The Morgan fingerprint density at radius 2 is 1.84 bits per heavy atom. The zero-order chi connectivity index (χ0) is 26.6. The van der Waals surface area contributed by atoms with E-state index in [0.717, 1.165) is 48.3 Å². The number of nitrogens with one attached hydrogen (secondary N) is 1. The van der Waals surface area contributed by atoms with Crippen molar-refractivity contribution in [3.63, 3.8) is 0 Å². The summed E-state index contributed by atoms with van der Waals surface area (Å²) in [7, 11) is 0. The van der Waals surface area contributed by atoms with Gasteiger partial charge in [0.25, 0.3) is 0 Å². The Balaban J connectivity index is 1.38. The summed E-state index contributed by atoms with van der Waals surface area (Å²) >= 11 is 0. The quantitative estimate of drug-likeness (QED) is 0.410. The van der Waals surface area contributed by atoms with Gasteiger partial charge in [-0.15, -0.1) is 4.73 Å². The lowest BCUT2D eigenvalue weighted by molar-refractivity contribution is -0.611. The molecule has 0 unspecified atom stereocenters. The van der Waals surface area contributed by atoms with E-state index < -0.39 is 11.6 Å². The monoisotopic (exact) mass is 508 g/mol. The van der Waals surface area contributed by atoms with Crippen molar-refractivity contribution in [2.45, 2.75) is 77.9 Å². The lowest BCUT2D eigenvalue weighted by Crippen LogP contribution is -2.73. The van der Waals surface area contributed by atoms with Crippen molar-refractivity contribution in [3.05, 3.63) is 58.9 Å². The Bertz CT molecular complexity index is 1090. The number of piperidine rings is 1. The van der Waals surface area contributed by atoms with E-state index in [9.17, 15) is 14.8 Å².